The van der Waals surface area contributed by atoms with Crippen LogP contribution in [0.25, 0.3) is 0 Å². The second kappa shape index (κ2) is 12.9. The molecule has 0 aromatic heterocycles. The van der Waals surface area contributed by atoms with Crippen LogP contribution in [0.1, 0.15) is 41.5 Å². The summed E-state index contributed by atoms with van der Waals surface area (Å²) in [6, 6.07) is 28.7. The molecule has 206 valence electrons. The molecule has 0 N–H and O–H groups in total. The number of hydrogen-bond donors (Lipinski definition) is 0. The summed E-state index contributed by atoms with van der Waals surface area (Å²) in [5.74, 6) is -1.76. The van der Waals surface area contributed by atoms with Gasteiger partial charge in [0, 0.05) is 0 Å². The van der Waals surface area contributed by atoms with E-state index in [4.69, 9.17) is 12.8 Å². The zero-order valence-electron chi connectivity index (χ0n) is 23.4. The molecule has 39 heavy (non-hydrogen) atoms. The third kappa shape index (κ3) is 7.16. The van der Waals surface area contributed by atoms with Crippen LogP contribution in [0.5, 0.6) is 5.75 Å². The van der Waals surface area contributed by atoms with Crippen molar-refractivity contribution in [1.29, 1.82) is 0 Å². The maximum atomic E-state index is 12.1. The van der Waals surface area contributed by atoms with Crippen LogP contribution in [0, 0.1) is 0 Å². The molecule has 0 aliphatic heterocycles. The van der Waals surface area contributed by atoms with Crippen LogP contribution >= 0.6 is 0 Å². The van der Waals surface area contributed by atoms with E-state index in [1.807, 2.05) is 12.1 Å². The minimum atomic E-state index is -5.47. The average Bonchev–Trinajstić information content (AvgIpc) is 2.86. The number of benzene rings is 3. The zero-order chi connectivity index (χ0) is 28.7. The molecule has 0 aliphatic carbocycles. The van der Waals surface area contributed by atoms with Crippen molar-refractivity contribution in [3.05, 3.63) is 84.9 Å². The van der Waals surface area contributed by atoms with Crippen LogP contribution in [-0.4, -0.2) is 55.1 Å². The van der Waals surface area contributed by atoms with Gasteiger partial charge in [-0.15, -0.1) is 0 Å². The van der Waals surface area contributed by atoms with Gasteiger partial charge < -0.3 is 0 Å². The van der Waals surface area contributed by atoms with E-state index in [-0.39, 0.29) is 5.04 Å². The number of hydrogen-bond acceptors (Lipinski definition) is 7. The number of para-hydroxylation sites is 1. The second-order valence-electron chi connectivity index (χ2n) is 10.3. The molecule has 0 heterocycles. The van der Waals surface area contributed by atoms with Crippen molar-refractivity contribution < 1.29 is 27.2 Å². The molecular formula is C30H36O7PbSi. The predicted octanol–water partition coefficient (Wildman–Crippen LogP) is 3.96. The van der Waals surface area contributed by atoms with E-state index in [2.05, 4.69) is 69.3 Å². The van der Waals surface area contributed by atoms with Gasteiger partial charge in [0.15, 0.2) is 0 Å². The van der Waals surface area contributed by atoms with E-state index in [0.717, 1.165) is 6.04 Å². The number of carbonyl (C=O) groups is 3. The van der Waals surface area contributed by atoms with Gasteiger partial charge in [-0.25, -0.2) is 0 Å². The molecule has 0 aliphatic rings. The topological polar surface area (TPSA) is 88.1 Å². The predicted molar refractivity (Wildman–Crippen MR) is 155 cm³/mol. The van der Waals surface area contributed by atoms with Crippen molar-refractivity contribution in [3.8, 4) is 5.75 Å². The molecule has 0 radical (unpaired) electrons. The van der Waals surface area contributed by atoms with E-state index in [1.165, 1.54) is 31.1 Å². The maximum absolute atomic E-state index is 12.1. The number of rotatable bonds is 10. The average molecular weight is 744 g/mol. The van der Waals surface area contributed by atoms with Crippen molar-refractivity contribution in [2.75, 3.05) is 6.61 Å². The number of ether oxygens (including phenoxy) is 1. The van der Waals surface area contributed by atoms with Gasteiger partial charge in [0.2, 0.25) is 0 Å². The summed E-state index contributed by atoms with van der Waals surface area (Å²) in [4.78, 5) is 36.3. The van der Waals surface area contributed by atoms with Gasteiger partial charge in [0.25, 0.3) is 0 Å². The first-order chi connectivity index (χ1) is 18.4. The van der Waals surface area contributed by atoms with Gasteiger partial charge in [-0.2, -0.15) is 0 Å². The van der Waals surface area contributed by atoms with E-state index in [9.17, 15) is 14.4 Å². The van der Waals surface area contributed by atoms with Crippen molar-refractivity contribution >= 4 is 62.0 Å². The van der Waals surface area contributed by atoms with Crippen molar-refractivity contribution in [1.82, 2.24) is 0 Å². The van der Waals surface area contributed by atoms with Gasteiger partial charge in [0.1, 0.15) is 0 Å². The van der Waals surface area contributed by atoms with E-state index in [0.29, 0.717) is 15.5 Å². The second-order valence-corrected chi connectivity index (χ2v) is 24.1. The minimum absolute atomic E-state index is 0.0600. The molecule has 0 unspecified atom stereocenters. The molecule has 0 saturated carbocycles. The Morgan fingerprint density at radius 1 is 0.667 bits per heavy atom. The van der Waals surface area contributed by atoms with Crippen LogP contribution in [0.15, 0.2) is 84.9 Å². The molecule has 3 aromatic carbocycles. The first-order valence-corrected chi connectivity index (χ1v) is 21.7. The van der Waals surface area contributed by atoms with Crippen molar-refractivity contribution in [2.24, 2.45) is 0 Å². The Hall–Kier alpha value is -2.99. The van der Waals surface area contributed by atoms with Crippen LogP contribution in [0.4, 0.5) is 0 Å². The van der Waals surface area contributed by atoms with Gasteiger partial charge in [-0.3, -0.25) is 0 Å². The Balaban J connectivity index is 2.06. The molecular weight excluding hydrogens is 708 g/mol. The summed E-state index contributed by atoms with van der Waals surface area (Å²) in [5, 5.41) is 2.54. The van der Waals surface area contributed by atoms with Crippen molar-refractivity contribution in [2.45, 2.75) is 52.6 Å². The standard InChI is InChI=1S/C24H27OSi.3C2H4O2.Pb/c1-24(2,3)26(22-15-9-5-10-16-22,23-17-11-6-12-18-23)20-19-25-21-13-7-4-8-14-21;3*1-2(3)4;/h4-13,15-18H,19-20H2,1-3H3;3*1H3,(H,3,4);/q;;;;+3/p-3. The van der Waals surface area contributed by atoms with Gasteiger partial charge in [-0.1, -0.05) is 0 Å². The first kappa shape index (κ1) is 30.5. The molecule has 0 saturated heterocycles. The fourth-order valence-electron chi connectivity index (χ4n) is 5.10. The van der Waals surface area contributed by atoms with E-state index >= 15 is 0 Å². The van der Waals surface area contributed by atoms with E-state index in [1.54, 1.807) is 24.3 Å². The van der Waals surface area contributed by atoms with Crippen LogP contribution in [0.3, 0.4) is 0 Å². The normalized spacial score (nSPS) is 11.8. The summed E-state index contributed by atoms with van der Waals surface area (Å²) >= 11 is -5.47. The molecule has 0 bridgehead atoms. The third-order valence-corrected chi connectivity index (χ3v) is 23.4. The first-order valence-electron chi connectivity index (χ1n) is 12.8. The molecule has 0 amide bonds. The molecule has 3 rings (SSSR count). The van der Waals surface area contributed by atoms with Gasteiger partial charge >= 0.3 is 239 Å². The zero-order valence-corrected chi connectivity index (χ0v) is 28.2. The SMILES string of the molecule is CC(=O)[O][Pb]([O]C(C)=O)([O]C(C)=O)[c]1ccccc1OCC[Si](c1ccccc1)(c1ccccc1)C(C)(C)C. The van der Waals surface area contributed by atoms with Crippen LogP contribution in [-0.2, 0) is 22.4 Å². The Bertz CT molecular complexity index is 1210. The Morgan fingerprint density at radius 2 is 1.08 bits per heavy atom. The van der Waals surface area contributed by atoms with E-state index < -0.39 is 48.5 Å². The third-order valence-electron chi connectivity index (χ3n) is 6.60. The Morgan fingerprint density at radius 3 is 1.49 bits per heavy atom. The van der Waals surface area contributed by atoms with Gasteiger partial charge in [-0.05, 0) is 0 Å². The molecule has 7 nitrogen and oxygen atoms in total. The summed E-state index contributed by atoms with van der Waals surface area (Å²) in [6.45, 7) is 10.7. The van der Waals surface area contributed by atoms with Crippen molar-refractivity contribution in [3.63, 3.8) is 0 Å². The molecule has 3 aromatic rings. The summed E-state index contributed by atoms with van der Waals surface area (Å²) in [5.41, 5.74) is 0. The molecule has 0 atom stereocenters. The van der Waals surface area contributed by atoms with Gasteiger partial charge in [0.05, 0.1) is 0 Å². The Kier molecular flexibility index (Phi) is 10.1. The molecule has 0 fully saturated rings. The summed E-state index contributed by atoms with van der Waals surface area (Å²) in [6.07, 6.45) is 0. The fraction of sp³-hybridized carbons (Fsp3) is 0.300. The summed E-state index contributed by atoms with van der Waals surface area (Å²) < 4.78 is 23.4. The Labute approximate surface area is 238 Å². The van der Waals surface area contributed by atoms with Crippen LogP contribution in [0.2, 0.25) is 11.1 Å². The monoisotopic (exact) mass is 744 g/mol. The van der Waals surface area contributed by atoms with Crippen LogP contribution < -0.4 is 18.2 Å². The molecule has 0 spiro atoms. The number of carbonyl (C=O) groups excluding carboxylic acids is 3. The summed E-state index contributed by atoms with van der Waals surface area (Å²) in [7, 11) is -2.41. The quantitative estimate of drug-likeness (QED) is 0.291. The molecule has 9 heteroatoms. The fourth-order valence-corrected chi connectivity index (χ4v) is 19.5.